The topological polar surface area (TPSA) is 118 Å². The molecule has 0 radical (unpaired) electrons. The summed E-state index contributed by atoms with van der Waals surface area (Å²) < 4.78 is 20.2. The zero-order valence-electron chi connectivity index (χ0n) is 21.3. The highest BCUT2D eigenvalue weighted by Gasteiger charge is 2.38. The van der Waals surface area contributed by atoms with Gasteiger partial charge in [0.15, 0.2) is 0 Å². The molecule has 3 aromatic rings. The Balaban J connectivity index is 1.47. The van der Waals surface area contributed by atoms with Crippen molar-refractivity contribution in [2.45, 2.75) is 51.5 Å². The van der Waals surface area contributed by atoms with Gasteiger partial charge >= 0.3 is 0 Å². The van der Waals surface area contributed by atoms with Crippen molar-refractivity contribution in [1.82, 2.24) is 15.2 Å². The molecule has 4 N–H and O–H groups in total. The lowest BCUT2D eigenvalue weighted by molar-refractivity contribution is -0.145. The third kappa shape index (κ3) is 7.29. The molecule has 1 fully saturated rings. The molecule has 1 aromatic heterocycles. The number of pyridine rings is 1. The molecule has 4 rings (SSSR count). The molecule has 0 unspecified atom stereocenters. The molecule has 0 bridgehead atoms. The largest absolute Gasteiger partial charge is 0.489 e. The van der Waals surface area contributed by atoms with Crippen LogP contribution in [0.25, 0.3) is 0 Å². The van der Waals surface area contributed by atoms with Crippen LogP contribution in [0.1, 0.15) is 36.5 Å². The molecule has 0 spiro atoms. The van der Waals surface area contributed by atoms with Gasteiger partial charge in [-0.1, -0.05) is 30.3 Å². The van der Waals surface area contributed by atoms with Crippen LogP contribution in [0.4, 0.5) is 10.2 Å². The molecule has 2 aromatic carbocycles. The lowest BCUT2D eigenvalue weighted by Crippen LogP contribution is -2.53. The van der Waals surface area contributed by atoms with E-state index in [1.54, 1.807) is 29.3 Å². The Hall–Kier alpha value is -3.98. The van der Waals surface area contributed by atoms with Crippen LogP contribution in [0.5, 0.6) is 5.75 Å². The van der Waals surface area contributed by atoms with Crippen LogP contribution >= 0.6 is 0 Å². The molecule has 1 aliphatic rings. The summed E-state index contributed by atoms with van der Waals surface area (Å²) in [6, 6.07) is 16.6. The van der Waals surface area contributed by atoms with E-state index in [9.17, 15) is 19.1 Å². The molecule has 2 amide bonds. The van der Waals surface area contributed by atoms with Gasteiger partial charge < -0.3 is 25.8 Å². The van der Waals surface area contributed by atoms with Gasteiger partial charge in [0.25, 0.3) is 0 Å². The van der Waals surface area contributed by atoms with E-state index < -0.39 is 23.9 Å². The molecule has 38 heavy (non-hydrogen) atoms. The SMILES string of the molecule is CC(=O)N[C@@H](Cc1cc(F)cc(OCc2ccnc(N)c2)c1)[C@H](O)[C@@H]1CCCN(Cc2ccccc2)C1=O. The van der Waals surface area contributed by atoms with Gasteiger partial charge in [-0.15, -0.1) is 0 Å². The van der Waals surface area contributed by atoms with Crippen LogP contribution in [0.2, 0.25) is 0 Å². The maximum absolute atomic E-state index is 14.5. The van der Waals surface area contributed by atoms with E-state index in [0.717, 1.165) is 17.5 Å². The highest BCUT2D eigenvalue weighted by molar-refractivity contribution is 5.80. The lowest BCUT2D eigenvalue weighted by atomic mass is 9.85. The van der Waals surface area contributed by atoms with Gasteiger partial charge in [0.05, 0.1) is 18.1 Å². The van der Waals surface area contributed by atoms with Gasteiger partial charge in [-0.25, -0.2) is 9.37 Å². The Kier molecular flexibility index (Phi) is 8.91. The van der Waals surface area contributed by atoms with E-state index in [4.69, 9.17) is 10.5 Å². The molecule has 1 saturated heterocycles. The molecule has 9 heteroatoms. The number of nitrogens with one attached hydrogen (secondary N) is 1. The van der Waals surface area contributed by atoms with Gasteiger partial charge in [0.1, 0.15) is 24.0 Å². The Bertz CT molecular complexity index is 1260. The number of amides is 2. The van der Waals surface area contributed by atoms with Crippen molar-refractivity contribution < 1.29 is 23.8 Å². The van der Waals surface area contributed by atoms with Crippen molar-refractivity contribution in [1.29, 1.82) is 0 Å². The van der Waals surface area contributed by atoms with Crippen LogP contribution < -0.4 is 15.8 Å². The van der Waals surface area contributed by atoms with Crippen LogP contribution in [0, 0.1) is 11.7 Å². The predicted octanol–water partition coefficient (Wildman–Crippen LogP) is 3.23. The van der Waals surface area contributed by atoms with Crippen molar-refractivity contribution in [2.75, 3.05) is 12.3 Å². The maximum atomic E-state index is 14.5. The third-order valence-electron chi connectivity index (χ3n) is 6.64. The Morgan fingerprint density at radius 2 is 1.97 bits per heavy atom. The highest BCUT2D eigenvalue weighted by atomic mass is 19.1. The number of likely N-dealkylation sites (tertiary alicyclic amines) is 1. The number of halogens is 1. The fourth-order valence-electron chi connectivity index (χ4n) is 4.87. The van der Waals surface area contributed by atoms with Gasteiger partial charge in [0, 0.05) is 32.3 Å². The van der Waals surface area contributed by atoms with E-state index in [0.29, 0.717) is 36.6 Å². The molecular weight excluding hydrogens is 487 g/mol. The first-order valence-electron chi connectivity index (χ1n) is 12.7. The fraction of sp³-hybridized carbons (Fsp3) is 0.345. The summed E-state index contributed by atoms with van der Waals surface area (Å²) in [6.07, 6.45) is 1.80. The van der Waals surface area contributed by atoms with Crippen molar-refractivity contribution >= 4 is 17.6 Å². The van der Waals surface area contributed by atoms with Crippen LogP contribution in [-0.4, -0.2) is 45.5 Å². The number of carbonyl (C=O) groups is 2. The van der Waals surface area contributed by atoms with Crippen molar-refractivity contribution in [2.24, 2.45) is 5.92 Å². The third-order valence-corrected chi connectivity index (χ3v) is 6.64. The number of benzene rings is 2. The first-order valence-corrected chi connectivity index (χ1v) is 12.7. The number of aliphatic hydroxyl groups excluding tert-OH is 1. The Labute approximate surface area is 221 Å². The summed E-state index contributed by atoms with van der Waals surface area (Å²) >= 11 is 0. The number of piperidine rings is 1. The fourth-order valence-corrected chi connectivity index (χ4v) is 4.87. The number of aromatic nitrogens is 1. The number of nitrogen functional groups attached to an aromatic ring is 1. The smallest absolute Gasteiger partial charge is 0.228 e. The zero-order valence-corrected chi connectivity index (χ0v) is 21.3. The lowest BCUT2D eigenvalue weighted by Gasteiger charge is -2.37. The van der Waals surface area contributed by atoms with Gasteiger partial charge in [0.2, 0.25) is 11.8 Å². The normalized spacial score (nSPS) is 17.1. The summed E-state index contributed by atoms with van der Waals surface area (Å²) in [5.74, 6) is -1.02. The molecule has 1 aliphatic heterocycles. The van der Waals surface area contributed by atoms with Gasteiger partial charge in [-0.3, -0.25) is 9.59 Å². The first kappa shape index (κ1) is 27.1. The number of aliphatic hydroxyl groups is 1. The number of carbonyl (C=O) groups excluding carboxylic acids is 2. The summed E-state index contributed by atoms with van der Waals surface area (Å²) in [5.41, 5.74) is 8.02. The highest BCUT2D eigenvalue weighted by Crippen LogP contribution is 2.27. The number of hydrogen-bond donors (Lipinski definition) is 3. The quantitative estimate of drug-likeness (QED) is 0.378. The van der Waals surface area contributed by atoms with E-state index in [1.807, 2.05) is 30.3 Å². The minimum absolute atomic E-state index is 0.125. The first-order chi connectivity index (χ1) is 18.3. The average molecular weight is 521 g/mol. The number of anilines is 1. The number of rotatable bonds is 10. The predicted molar refractivity (Wildman–Crippen MR) is 141 cm³/mol. The standard InChI is InChI=1S/C29H33FN4O4/c1-19(35)33-26(28(36)25-8-5-11-34(29(25)37)17-20-6-3-2-4-7-20)14-22-12-23(30)16-24(13-22)38-18-21-9-10-32-27(31)15-21/h2-4,6-7,9-10,12-13,15-16,25-26,28,36H,5,8,11,14,17-18H2,1H3,(H2,31,32)(H,33,35)/t25-,26-,28+/m0/s1. The summed E-state index contributed by atoms with van der Waals surface area (Å²) in [6.45, 7) is 2.59. The summed E-state index contributed by atoms with van der Waals surface area (Å²) in [5, 5.41) is 14.1. The average Bonchev–Trinajstić information content (AvgIpc) is 2.88. The monoisotopic (exact) mass is 520 g/mol. The molecular formula is C29H33FN4O4. The van der Waals surface area contributed by atoms with Crippen molar-refractivity contribution in [3.05, 3.63) is 89.4 Å². The minimum Gasteiger partial charge on any atom is -0.489 e. The summed E-state index contributed by atoms with van der Waals surface area (Å²) in [7, 11) is 0. The Morgan fingerprint density at radius 3 is 2.71 bits per heavy atom. The van der Waals surface area contributed by atoms with Crippen LogP contribution in [-0.2, 0) is 29.2 Å². The van der Waals surface area contributed by atoms with E-state index in [1.165, 1.54) is 19.1 Å². The molecule has 0 saturated carbocycles. The number of nitrogens with two attached hydrogens (primary N) is 1. The van der Waals surface area contributed by atoms with E-state index in [2.05, 4.69) is 10.3 Å². The molecule has 3 atom stereocenters. The molecule has 8 nitrogen and oxygen atoms in total. The maximum Gasteiger partial charge on any atom is 0.228 e. The van der Waals surface area contributed by atoms with Crippen molar-refractivity contribution in [3.8, 4) is 5.75 Å². The second-order valence-corrected chi connectivity index (χ2v) is 9.67. The molecule has 2 heterocycles. The number of nitrogens with zero attached hydrogens (tertiary/aromatic N) is 2. The van der Waals surface area contributed by atoms with Gasteiger partial charge in [-0.2, -0.15) is 0 Å². The van der Waals surface area contributed by atoms with E-state index in [-0.39, 0.29) is 24.8 Å². The molecule has 200 valence electrons. The Morgan fingerprint density at radius 1 is 1.18 bits per heavy atom. The van der Waals surface area contributed by atoms with Crippen molar-refractivity contribution in [3.63, 3.8) is 0 Å². The van der Waals surface area contributed by atoms with Crippen LogP contribution in [0.15, 0.2) is 66.9 Å². The number of ether oxygens (including phenoxy) is 1. The summed E-state index contributed by atoms with van der Waals surface area (Å²) in [4.78, 5) is 31.0. The molecule has 0 aliphatic carbocycles. The second kappa shape index (κ2) is 12.5. The van der Waals surface area contributed by atoms with Gasteiger partial charge in [-0.05, 0) is 60.2 Å². The zero-order chi connectivity index (χ0) is 27.1. The number of hydrogen-bond acceptors (Lipinski definition) is 6. The van der Waals surface area contributed by atoms with Crippen LogP contribution in [0.3, 0.4) is 0 Å². The van der Waals surface area contributed by atoms with E-state index >= 15 is 0 Å². The minimum atomic E-state index is -1.14. The second-order valence-electron chi connectivity index (χ2n) is 9.67.